The second-order valence-corrected chi connectivity index (χ2v) is 6.10. The van der Waals surface area contributed by atoms with Crippen molar-refractivity contribution in [3.63, 3.8) is 0 Å². The third-order valence-corrected chi connectivity index (χ3v) is 4.43. The second kappa shape index (κ2) is 7.89. The number of aliphatic hydroxyl groups excluding tert-OH is 1. The first kappa shape index (κ1) is 15.7. The number of rotatable bonds is 7. The molecule has 0 saturated heterocycles. The van der Waals surface area contributed by atoms with E-state index in [1.165, 1.54) is 5.56 Å². The fourth-order valence-corrected chi connectivity index (χ4v) is 3.11. The van der Waals surface area contributed by atoms with Gasteiger partial charge in [0.1, 0.15) is 0 Å². The molecule has 0 unspecified atom stereocenters. The van der Waals surface area contributed by atoms with Gasteiger partial charge >= 0.3 is 0 Å². The molecule has 0 spiro atoms. The molecular weight excluding hydrogens is 308 g/mol. The van der Waals surface area contributed by atoms with E-state index in [1.807, 2.05) is 30.3 Å². The van der Waals surface area contributed by atoms with E-state index >= 15 is 0 Å². The standard InChI is InChI=1S/C17H18N4OS/c22-11-4-12-23-17-20-19-16(15-7-9-18-10-8-15)21(17)13-14-5-2-1-3-6-14/h1-3,5-10,22H,4,11-13H2. The fourth-order valence-electron chi connectivity index (χ4n) is 2.25. The zero-order valence-electron chi connectivity index (χ0n) is 12.7. The van der Waals surface area contributed by atoms with Crippen molar-refractivity contribution < 1.29 is 5.11 Å². The van der Waals surface area contributed by atoms with Crippen molar-refractivity contribution in [2.24, 2.45) is 0 Å². The molecule has 6 heteroatoms. The first-order chi connectivity index (χ1) is 11.4. The molecular formula is C17H18N4OS. The molecule has 0 amide bonds. The molecule has 0 bridgehead atoms. The maximum Gasteiger partial charge on any atom is 0.191 e. The number of aromatic nitrogens is 4. The van der Waals surface area contributed by atoms with Gasteiger partial charge in [0.25, 0.3) is 0 Å². The topological polar surface area (TPSA) is 63.8 Å². The zero-order chi connectivity index (χ0) is 15.9. The first-order valence-electron chi connectivity index (χ1n) is 7.49. The van der Waals surface area contributed by atoms with Gasteiger partial charge in [-0.2, -0.15) is 0 Å². The molecule has 1 aromatic carbocycles. The molecule has 118 valence electrons. The molecule has 0 saturated carbocycles. The Bertz CT molecular complexity index is 731. The van der Waals surface area contributed by atoms with Gasteiger partial charge in [0, 0.05) is 30.3 Å². The van der Waals surface area contributed by atoms with Crippen LogP contribution in [0.25, 0.3) is 11.4 Å². The quantitative estimate of drug-likeness (QED) is 0.534. The van der Waals surface area contributed by atoms with Crippen molar-refractivity contribution in [1.82, 2.24) is 19.7 Å². The highest BCUT2D eigenvalue weighted by molar-refractivity contribution is 7.99. The van der Waals surface area contributed by atoms with E-state index < -0.39 is 0 Å². The van der Waals surface area contributed by atoms with Crippen LogP contribution in [-0.2, 0) is 6.54 Å². The number of hydrogen-bond donors (Lipinski definition) is 1. The third-order valence-electron chi connectivity index (χ3n) is 3.37. The highest BCUT2D eigenvalue weighted by Crippen LogP contribution is 2.25. The number of thioether (sulfide) groups is 1. The molecule has 0 aliphatic rings. The predicted octanol–water partition coefficient (Wildman–Crippen LogP) is 2.86. The van der Waals surface area contributed by atoms with Crippen LogP contribution in [0.4, 0.5) is 0 Å². The second-order valence-electron chi connectivity index (χ2n) is 5.04. The maximum absolute atomic E-state index is 8.97. The molecule has 0 atom stereocenters. The Hall–Kier alpha value is -2.18. The fraction of sp³-hybridized carbons (Fsp3) is 0.235. The average molecular weight is 326 g/mol. The van der Waals surface area contributed by atoms with Crippen molar-refractivity contribution in [2.45, 2.75) is 18.1 Å². The highest BCUT2D eigenvalue weighted by Gasteiger charge is 2.14. The summed E-state index contributed by atoms with van der Waals surface area (Å²) in [6.07, 6.45) is 4.26. The van der Waals surface area contributed by atoms with Crippen LogP contribution in [0.1, 0.15) is 12.0 Å². The molecule has 0 fully saturated rings. The summed E-state index contributed by atoms with van der Waals surface area (Å²) in [4.78, 5) is 4.06. The van der Waals surface area contributed by atoms with E-state index in [9.17, 15) is 0 Å². The lowest BCUT2D eigenvalue weighted by molar-refractivity contribution is 0.296. The number of nitrogens with zero attached hydrogens (tertiary/aromatic N) is 4. The van der Waals surface area contributed by atoms with Gasteiger partial charge in [0.2, 0.25) is 0 Å². The van der Waals surface area contributed by atoms with Gasteiger partial charge in [0.05, 0.1) is 6.54 Å². The van der Waals surface area contributed by atoms with Gasteiger partial charge in [-0.15, -0.1) is 10.2 Å². The third kappa shape index (κ3) is 3.97. The monoisotopic (exact) mass is 326 g/mol. The van der Waals surface area contributed by atoms with Crippen LogP contribution in [-0.4, -0.2) is 37.2 Å². The minimum Gasteiger partial charge on any atom is -0.396 e. The van der Waals surface area contributed by atoms with Crippen LogP contribution in [0, 0.1) is 0 Å². The SMILES string of the molecule is OCCCSc1nnc(-c2ccncc2)n1Cc1ccccc1. The maximum atomic E-state index is 8.97. The Morgan fingerprint density at radius 2 is 1.78 bits per heavy atom. The van der Waals surface area contributed by atoms with Crippen molar-refractivity contribution in [3.8, 4) is 11.4 Å². The predicted molar refractivity (Wildman–Crippen MR) is 91.2 cm³/mol. The van der Waals surface area contributed by atoms with Gasteiger partial charge in [-0.1, -0.05) is 42.1 Å². The summed E-state index contributed by atoms with van der Waals surface area (Å²) in [5, 5.41) is 18.5. The molecule has 0 aliphatic heterocycles. The summed E-state index contributed by atoms with van der Waals surface area (Å²) >= 11 is 1.62. The molecule has 3 rings (SSSR count). The molecule has 5 nitrogen and oxygen atoms in total. The Balaban J connectivity index is 1.93. The lowest BCUT2D eigenvalue weighted by Crippen LogP contribution is -2.04. The molecule has 0 radical (unpaired) electrons. The van der Waals surface area contributed by atoms with E-state index in [2.05, 4.69) is 31.9 Å². The summed E-state index contributed by atoms with van der Waals surface area (Å²) in [7, 11) is 0. The molecule has 2 heterocycles. The van der Waals surface area contributed by atoms with Gasteiger partial charge in [-0.3, -0.25) is 9.55 Å². The van der Waals surface area contributed by atoms with E-state index in [-0.39, 0.29) is 6.61 Å². The first-order valence-corrected chi connectivity index (χ1v) is 8.48. The molecule has 23 heavy (non-hydrogen) atoms. The zero-order valence-corrected chi connectivity index (χ0v) is 13.5. The highest BCUT2D eigenvalue weighted by atomic mass is 32.2. The van der Waals surface area contributed by atoms with Gasteiger partial charge < -0.3 is 5.11 Å². The molecule has 1 N–H and O–H groups in total. The van der Waals surface area contributed by atoms with Crippen LogP contribution < -0.4 is 0 Å². The van der Waals surface area contributed by atoms with Gasteiger partial charge in [-0.25, -0.2) is 0 Å². The number of pyridine rings is 1. The average Bonchev–Trinajstić information content (AvgIpc) is 3.00. The van der Waals surface area contributed by atoms with E-state index in [1.54, 1.807) is 24.2 Å². The summed E-state index contributed by atoms with van der Waals surface area (Å²) in [5.41, 5.74) is 2.20. The number of hydrogen-bond acceptors (Lipinski definition) is 5. The normalized spacial score (nSPS) is 10.8. The summed E-state index contributed by atoms with van der Waals surface area (Å²) in [6.45, 7) is 0.907. The van der Waals surface area contributed by atoms with Crippen LogP contribution in [0.2, 0.25) is 0 Å². The van der Waals surface area contributed by atoms with Crippen molar-refractivity contribution in [2.75, 3.05) is 12.4 Å². The molecule has 0 aliphatic carbocycles. The van der Waals surface area contributed by atoms with Crippen molar-refractivity contribution in [3.05, 3.63) is 60.4 Å². The largest absolute Gasteiger partial charge is 0.396 e. The Morgan fingerprint density at radius 3 is 2.52 bits per heavy atom. The van der Waals surface area contributed by atoms with Crippen LogP contribution in [0.15, 0.2) is 60.0 Å². The minimum atomic E-state index is 0.192. The van der Waals surface area contributed by atoms with Gasteiger partial charge in [-0.05, 0) is 24.1 Å². The summed E-state index contributed by atoms with van der Waals surface area (Å²) in [5.74, 6) is 1.66. The van der Waals surface area contributed by atoms with Crippen LogP contribution in [0.3, 0.4) is 0 Å². The van der Waals surface area contributed by atoms with Crippen molar-refractivity contribution >= 4 is 11.8 Å². The number of aliphatic hydroxyl groups is 1. The Morgan fingerprint density at radius 1 is 1.00 bits per heavy atom. The molecule has 3 aromatic rings. The summed E-state index contributed by atoms with van der Waals surface area (Å²) < 4.78 is 2.12. The molecule has 2 aromatic heterocycles. The smallest absolute Gasteiger partial charge is 0.191 e. The van der Waals surface area contributed by atoms with Crippen LogP contribution >= 0.6 is 11.8 Å². The Labute approximate surface area is 139 Å². The van der Waals surface area contributed by atoms with Gasteiger partial charge in [0.15, 0.2) is 11.0 Å². The Kier molecular flexibility index (Phi) is 5.39. The van der Waals surface area contributed by atoms with E-state index in [0.29, 0.717) is 6.54 Å². The number of benzene rings is 1. The van der Waals surface area contributed by atoms with Crippen molar-refractivity contribution in [1.29, 1.82) is 0 Å². The summed E-state index contributed by atoms with van der Waals surface area (Å²) in [6, 6.07) is 14.1. The van der Waals surface area contributed by atoms with Crippen LogP contribution in [0.5, 0.6) is 0 Å². The minimum absolute atomic E-state index is 0.192. The lowest BCUT2D eigenvalue weighted by Gasteiger charge is -2.10. The lowest BCUT2D eigenvalue weighted by atomic mass is 10.2. The van der Waals surface area contributed by atoms with E-state index in [0.717, 1.165) is 28.7 Å². The van der Waals surface area contributed by atoms with E-state index in [4.69, 9.17) is 5.11 Å².